The largest absolute Gasteiger partial charge is 0.462 e. The predicted octanol–water partition coefficient (Wildman–Crippen LogP) is 3.05. The number of benzene rings is 1. The molecule has 6 nitrogen and oxygen atoms in total. The SMILES string of the molecule is C[C@H]1C[C@H](Sc2nnc(N3CCCCC3)n2-c2ccccc2)C(=O)O1. The zero-order valence-electron chi connectivity index (χ0n) is 14.3. The first-order chi connectivity index (χ1) is 12.2. The molecular formula is C18H22N4O2S. The highest BCUT2D eigenvalue weighted by atomic mass is 32.2. The fourth-order valence-electron chi connectivity index (χ4n) is 3.38. The highest BCUT2D eigenvalue weighted by Crippen LogP contribution is 2.34. The third-order valence-electron chi connectivity index (χ3n) is 4.64. The van der Waals surface area contributed by atoms with E-state index < -0.39 is 0 Å². The molecule has 0 N–H and O–H groups in total. The highest BCUT2D eigenvalue weighted by molar-refractivity contribution is 8.00. The number of esters is 1. The van der Waals surface area contributed by atoms with Crippen molar-refractivity contribution in [2.75, 3.05) is 18.0 Å². The first-order valence-corrected chi connectivity index (χ1v) is 9.73. The zero-order valence-corrected chi connectivity index (χ0v) is 15.1. The molecule has 132 valence electrons. The van der Waals surface area contributed by atoms with Gasteiger partial charge in [-0.25, -0.2) is 0 Å². The topological polar surface area (TPSA) is 60.2 Å². The Balaban J connectivity index is 1.69. The Bertz CT molecular complexity index is 743. The average molecular weight is 358 g/mol. The third kappa shape index (κ3) is 3.38. The molecular weight excluding hydrogens is 336 g/mol. The number of anilines is 1. The van der Waals surface area contributed by atoms with Gasteiger partial charge in [0.25, 0.3) is 0 Å². The molecule has 0 saturated carbocycles. The summed E-state index contributed by atoms with van der Waals surface area (Å²) in [5.41, 5.74) is 1.02. The lowest BCUT2D eigenvalue weighted by Crippen LogP contribution is -2.31. The van der Waals surface area contributed by atoms with Crippen molar-refractivity contribution in [1.82, 2.24) is 14.8 Å². The van der Waals surface area contributed by atoms with Gasteiger partial charge in [0, 0.05) is 19.5 Å². The number of rotatable bonds is 4. The van der Waals surface area contributed by atoms with E-state index in [0.717, 1.165) is 29.9 Å². The van der Waals surface area contributed by atoms with E-state index >= 15 is 0 Å². The van der Waals surface area contributed by atoms with E-state index in [0.29, 0.717) is 6.42 Å². The number of cyclic esters (lactones) is 1. The van der Waals surface area contributed by atoms with Crippen molar-refractivity contribution in [2.24, 2.45) is 0 Å². The lowest BCUT2D eigenvalue weighted by atomic mass is 10.1. The van der Waals surface area contributed by atoms with Gasteiger partial charge in [0.15, 0.2) is 5.16 Å². The molecule has 0 spiro atoms. The van der Waals surface area contributed by atoms with Gasteiger partial charge in [-0.3, -0.25) is 9.36 Å². The maximum atomic E-state index is 12.0. The van der Waals surface area contributed by atoms with Gasteiger partial charge in [0.2, 0.25) is 5.95 Å². The molecule has 2 saturated heterocycles. The quantitative estimate of drug-likeness (QED) is 0.783. The van der Waals surface area contributed by atoms with Crippen LogP contribution < -0.4 is 4.90 Å². The monoisotopic (exact) mass is 358 g/mol. The number of hydrogen-bond acceptors (Lipinski definition) is 6. The molecule has 1 aromatic carbocycles. The first-order valence-electron chi connectivity index (χ1n) is 8.85. The number of aromatic nitrogens is 3. The van der Waals surface area contributed by atoms with Gasteiger partial charge in [-0.1, -0.05) is 30.0 Å². The number of piperidine rings is 1. The zero-order chi connectivity index (χ0) is 17.2. The summed E-state index contributed by atoms with van der Waals surface area (Å²) >= 11 is 1.46. The van der Waals surface area contributed by atoms with Crippen molar-refractivity contribution in [3.63, 3.8) is 0 Å². The Labute approximate surface area is 151 Å². The van der Waals surface area contributed by atoms with Crippen molar-refractivity contribution < 1.29 is 9.53 Å². The number of para-hydroxylation sites is 1. The molecule has 2 fully saturated rings. The summed E-state index contributed by atoms with van der Waals surface area (Å²) in [6, 6.07) is 10.1. The lowest BCUT2D eigenvalue weighted by molar-refractivity contribution is -0.140. The Morgan fingerprint density at radius 1 is 1.12 bits per heavy atom. The van der Waals surface area contributed by atoms with Gasteiger partial charge in [-0.05, 0) is 38.3 Å². The van der Waals surface area contributed by atoms with Crippen LogP contribution in [-0.4, -0.2) is 45.2 Å². The molecule has 1 aromatic heterocycles. The molecule has 0 unspecified atom stereocenters. The minimum absolute atomic E-state index is 0.0281. The number of carbonyl (C=O) groups is 1. The number of thioether (sulfide) groups is 1. The predicted molar refractivity (Wildman–Crippen MR) is 97.2 cm³/mol. The molecule has 0 radical (unpaired) electrons. The van der Waals surface area contributed by atoms with E-state index in [4.69, 9.17) is 4.74 Å². The number of carbonyl (C=O) groups excluding carboxylic acids is 1. The highest BCUT2D eigenvalue weighted by Gasteiger charge is 2.35. The fourth-order valence-corrected chi connectivity index (χ4v) is 4.54. The molecule has 3 heterocycles. The minimum Gasteiger partial charge on any atom is -0.462 e. The van der Waals surface area contributed by atoms with Crippen molar-refractivity contribution in [1.29, 1.82) is 0 Å². The van der Waals surface area contributed by atoms with Crippen LogP contribution in [0.25, 0.3) is 5.69 Å². The van der Waals surface area contributed by atoms with E-state index in [1.165, 1.54) is 31.0 Å². The van der Waals surface area contributed by atoms with Crippen LogP contribution in [0.3, 0.4) is 0 Å². The lowest BCUT2D eigenvalue weighted by Gasteiger charge is -2.27. The van der Waals surface area contributed by atoms with Crippen LogP contribution in [0.1, 0.15) is 32.6 Å². The molecule has 2 atom stereocenters. The summed E-state index contributed by atoms with van der Waals surface area (Å²) in [6.07, 6.45) is 4.31. The molecule has 7 heteroatoms. The van der Waals surface area contributed by atoms with Gasteiger partial charge in [0.05, 0.1) is 5.69 Å². The van der Waals surface area contributed by atoms with E-state index in [9.17, 15) is 4.79 Å². The third-order valence-corrected chi connectivity index (χ3v) is 5.79. The summed E-state index contributed by atoms with van der Waals surface area (Å²) in [7, 11) is 0. The van der Waals surface area contributed by atoms with Crippen molar-refractivity contribution in [2.45, 2.75) is 49.1 Å². The Morgan fingerprint density at radius 2 is 1.88 bits per heavy atom. The molecule has 2 aromatic rings. The van der Waals surface area contributed by atoms with Gasteiger partial charge in [0.1, 0.15) is 11.4 Å². The van der Waals surface area contributed by atoms with Crippen molar-refractivity contribution >= 4 is 23.7 Å². The second-order valence-electron chi connectivity index (χ2n) is 6.59. The summed E-state index contributed by atoms with van der Waals surface area (Å²) in [6.45, 7) is 3.93. The maximum absolute atomic E-state index is 12.0. The van der Waals surface area contributed by atoms with Gasteiger partial charge < -0.3 is 9.64 Å². The summed E-state index contributed by atoms with van der Waals surface area (Å²) < 4.78 is 7.36. The van der Waals surface area contributed by atoms with Crippen LogP contribution in [0.2, 0.25) is 0 Å². The number of hydrogen-bond donors (Lipinski definition) is 0. The second kappa shape index (κ2) is 7.07. The van der Waals surface area contributed by atoms with Crippen LogP contribution in [0, 0.1) is 0 Å². The van der Waals surface area contributed by atoms with Gasteiger partial charge >= 0.3 is 5.97 Å². The summed E-state index contributed by atoms with van der Waals surface area (Å²) in [5, 5.41) is 9.43. The average Bonchev–Trinajstić information content (AvgIpc) is 3.19. The van der Waals surface area contributed by atoms with Crippen LogP contribution in [0.4, 0.5) is 5.95 Å². The van der Waals surface area contributed by atoms with Crippen LogP contribution in [0.5, 0.6) is 0 Å². The summed E-state index contributed by atoms with van der Waals surface area (Å²) in [5.74, 6) is 0.715. The number of nitrogens with zero attached hydrogens (tertiary/aromatic N) is 4. The fraction of sp³-hybridized carbons (Fsp3) is 0.500. The van der Waals surface area contributed by atoms with Crippen LogP contribution in [0.15, 0.2) is 35.5 Å². The second-order valence-corrected chi connectivity index (χ2v) is 7.76. The molecule has 0 amide bonds. The molecule has 0 bridgehead atoms. The molecule has 4 rings (SSSR count). The Hall–Kier alpha value is -2.02. The van der Waals surface area contributed by atoms with E-state index in [1.807, 2.05) is 25.1 Å². The number of ether oxygens (including phenoxy) is 1. The Kier molecular flexibility index (Phi) is 4.65. The van der Waals surface area contributed by atoms with Gasteiger partial charge in [-0.2, -0.15) is 0 Å². The minimum atomic E-state index is -0.212. The van der Waals surface area contributed by atoms with E-state index in [1.54, 1.807) is 0 Å². The molecule has 2 aliphatic rings. The molecule has 25 heavy (non-hydrogen) atoms. The standard InChI is InChI=1S/C18H22N4O2S/c1-13-12-15(16(23)24-13)25-18-20-19-17(21-10-6-3-7-11-21)22(18)14-8-4-2-5-9-14/h2,4-5,8-9,13,15H,3,6-7,10-12H2,1H3/t13-,15-/m0/s1. The molecule has 2 aliphatic heterocycles. The molecule has 0 aliphatic carbocycles. The van der Waals surface area contributed by atoms with Gasteiger partial charge in [-0.15, -0.1) is 10.2 Å². The van der Waals surface area contributed by atoms with Crippen LogP contribution >= 0.6 is 11.8 Å². The maximum Gasteiger partial charge on any atom is 0.319 e. The Morgan fingerprint density at radius 3 is 2.56 bits per heavy atom. The smallest absolute Gasteiger partial charge is 0.319 e. The normalized spacial score (nSPS) is 23.7. The van der Waals surface area contributed by atoms with Crippen molar-refractivity contribution in [3.8, 4) is 5.69 Å². The van der Waals surface area contributed by atoms with Crippen molar-refractivity contribution in [3.05, 3.63) is 30.3 Å². The first kappa shape index (κ1) is 16.4. The van der Waals surface area contributed by atoms with Crippen LogP contribution in [-0.2, 0) is 9.53 Å². The van der Waals surface area contributed by atoms with E-state index in [-0.39, 0.29) is 17.3 Å². The summed E-state index contributed by atoms with van der Waals surface area (Å²) in [4.78, 5) is 14.3. The van der Waals surface area contributed by atoms with E-state index in [2.05, 4.69) is 31.8 Å².